The van der Waals surface area contributed by atoms with E-state index in [1.807, 2.05) is 0 Å². The number of aryl methyl sites for hydroxylation is 1. The van der Waals surface area contributed by atoms with E-state index in [-0.39, 0.29) is 35.7 Å². The van der Waals surface area contributed by atoms with Crippen LogP contribution < -0.4 is 0 Å². The molecule has 0 aliphatic carbocycles. The molecule has 0 bridgehead atoms. The molecule has 2 aromatic heterocycles. The number of likely N-dealkylation sites (tertiary alicyclic amines) is 1. The van der Waals surface area contributed by atoms with Gasteiger partial charge in [-0.15, -0.1) is 0 Å². The Morgan fingerprint density at radius 2 is 1.91 bits per heavy atom. The van der Waals surface area contributed by atoms with Gasteiger partial charge in [0.25, 0.3) is 11.7 Å². The van der Waals surface area contributed by atoms with Crippen LogP contribution in [0.3, 0.4) is 0 Å². The van der Waals surface area contributed by atoms with Gasteiger partial charge < -0.3 is 19.7 Å². The summed E-state index contributed by atoms with van der Waals surface area (Å²) in [7, 11) is 0. The molecule has 180 valence electrons. The number of amides is 1. The maximum absolute atomic E-state index is 13.3. The molecule has 3 aromatic rings. The first kappa shape index (κ1) is 24.2. The smallest absolute Gasteiger partial charge is 0.355 e. The number of ketones is 1. The Hall–Kier alpha value is -3.91. The number of halogens is 1. The summed E-state index contributed by atoms with van der Waals surface area (Å²) in [6.07, 6.45) is 3.23. The molecule has 1 atom stereocenters. The zero-order chi connectivity index (χ0) is 25.3. The lowest BCUT2D eigenvalue weighted by molar-refractivity contribution is -0.140. The molecular weight excluding hydrogens is 470 g/mol. The maximum atomic E-state index is 13.3. The summed E-state index contributed by atoms with van der Waals surface area (Å²) in [5.41, 5.74) is 2.62. The monoisotopic (exact) mass is 493 g/mol. The van der Waals surface area contributed by atoms with Gasteiger partial charge >= 0.3 is 5.97 Å². The summed E-state index contributed by atoms with van der Waals surface area (Å²) in [6.45, 7) is 5.32. The van der Waals surface area contributed by atoms with Crippen molar-refractivity contribution in [2.24, 2.45) is 0 Å². The average Bonchev–Trinajstić information content (AvgIpc) is 3.27. The predicted octanol–water partition coefficient (Wildman–Crippen LogP) is 4.48. The van der Waals surface area contributed by atoms with Crippen LogP contribution in [0.25, 0.3) is 5.76 Å². The third-order valence-corrected chi connectivity index (χ3v) is 6.21. The van der Waals surface area contributed by atoms with Crippen LogP contribution >= 0.6 is 11.6 Å². The van der Waals surface area contributed by atoms with E-state index in [0.717, 1.165) is 5.56 Å². The van der Waals surface area contributed by atoms with Crippen molar-refractivity contribution in [1.82, 2.24) is 14.9 Å². The number of carbonyl (C=O) groups is 3. The second kappa shape index (κ2) is 9.76. The largest absolute Gasteiger partial charge is 0.507 e. The van der Waals surface area contributed by atoms with E-state index in [0.29, 0.717) is 21.8 Å². The molecule has 8 nitrogen and oxygen atoms in total. The Morgan fingerprint density at radius 3 is 2.54 bits per heavy atom. The van der Waals surface area contributed by atoms with E-state index in [1.54, 1.807) is 69.6 Å². The highest BCUT2D eigenvalue weighted by Gasteiger charge is 2.46. The quantitative estimate of drug-likeness (QED) is 0.226. The molecule has 0 unspecified atom stereocenters. The number of hydrogen-bond acceptors (Lipinski definition) is 6. The summed E-state index contributed by atoms with van der Waals surface area (Å²) < 4.78 is 5.09. The van der Waals surface area contributed by atoms with E-state index in [1.165, 1.54) is 4.90 Å². The van der Waals surface area contributed by atoms with Crippen LogP contribution in [0.4, 0.5) is 0 Å². The number of aliphatic hydroxyl groups excluding tert-OH is 1. The van der Waals surface area contributed by atoms with E-state index in [4.69, 9.17) is 16.3 Å². The van der Waals surface area contributed by atoms with Crippen LogP contribution in [-0.2, 0) is 20.9 Å². The number of H-pyrrole nitrogens is 1. The number of aromatic amines is 1. The molecule has 1 aliphatic rings. The molecule has 0 spiro atoms. The van der Waals surface area contributed by atoms with Crippen LogP contribution in [0.2, 0.25) is 5.02 Å². The lowest BCUT2D eigenvalue weighted by Gasteiger charge is -2.25. The number of esters is 1. The Balaban J connectivity index is 1.89. The molecular formula is C26H24ClN3O5. The first-order valence-corrected chi connectivity index (χ1v) is 11.4. The van der Waals surface area contributed by atoms with Crippen LogP contribution in [0.5, 0.6) is 0 Å². The fourth-order valence-corrected chi connectivity index (χ4v) is 4.50. The first-order chi connectivity index (χ1) is 16.7. The molecule has 2 N–H and O–H groups in total. The highest BCUT2D eigenvalue weighted by molar-refractivity contribution is 6.46. The summed E-state index contributed by atoms with van der Waals surface area (Å²) in [5.74, 6) is -2.49. The third-order valence-electron chi connectivity index (χ3n) is 5.96. The summed E-state index contributed by atoms with van der Waals surface area (Å²) >= 11 is 6.07. The van der Waals surface area contributed by atoms with Crippen molar-refractivity contribution in [3.05, 3.63) is 93.0 Å². The molecule has 0 radical (unpaired) electrons. The summed E-state index contributed by atoms with van der Waals surface area (Å²) in [4.78, 5) is 47.3. The molecule has 1 aromatic carbocycles. The molecule has 1 amide bonds. The minimum absolute atomic E-state index is 0.0678. The lowest BCUT2D eigenvalue weighted by atomic mass is 9.94. The molecule has 9 heteroatoms. The predicted molar refractivity (Wildman–Crippen MR) is 130 cm³/mol. The molecule has 1 aliphatic heterocycles. The number of aliphatic hydroxyl groups is 1. The fourth-order valence-electron chi connectivity index (χ4n) is 4.37. The number of Topliss-reactive ketones (excluding diaryl/α,β-unsaturated/α-hetero) is 1. The van der Waals surface area contributed by atoms with E-state index in [9.17, 15) is 19.5 Å². The minimum atomic E-state index is -0.868. The van der Waals surface area contributed by atoms with Gasteiger partial charge in [0.2, 0.25) is 0 Å². The third kappa shape index (κ3) is 4.44. The normalized spacial score (nSPS) is 17.1. The Kier molecular flexibility index (Phi) is 6.75. The number of hydrogen-bond donors (Lipinski definition) is 2. The van der Waals surface area contributed by atoms with Crippen LogP contribution in [0.1, 0.15) is 51.4 Å². The standard InChI is InChI=1S/C26H24ClN3O5/c1-4-35-26(34)21-14(2)19(15(3)29-21)23(31)20-22(17-7-9-18(27)10-8-17)30(25(33)24(20)32)13-16-6-5-11-28-12-16/h5-12,22,29,31H,4,13H2,1-3H3/t22-/m0/s1. The van der Waals surface area contributed by atoms with E-state index in [2.05, 4.69) is 9.97 Å². The average molecular weight is 494 g/mol. The van der Waals surface area contributed by atoms with Crippen LogP contribution in [0, 0.1) is 13.8 Å². The van der Waals surface area contributed by atoms with Gasteiger partial charge in [-0.1, -0.05) is 29.8 Å². The number of nitrogens with zero attached hydrogens (tertiary/aromatic N) is 2. The number of carbonyl (C=O) groups excluding carboxylic acids is 3. The van der Waals surface area contributed by atoms with Crippen LogP contribution in [-0.4, -0.2) is 44.2 Å². The van der Waals surface area contributed by atoms with Gasteiger partial charge in [-0.25, -0.2) is 4.79 Å². The number of aromatic nitrogens is 2. The maximum Gasteiger partial charge on any atom is 0.355 e. The Labute approximate surface area is 207 Å². The molecule has 4 rings (SSSR count). The number of rotatable bonds is 6. The van der Waals surface area contributed by atoms with Crippen molar-refractivity contribution in [3.63, 3.8) is 0 Å². The van der Waals surface area contributed by atoms with E-state index >= 15 is 0 Å². The van der Waals surface area contributed by atoms with Crippen molar-refractivity contribution >= 4 is 35.0 Å². The van der Waals surface area contributed by atoms with Gasteiger partial charge in [-0.05, 0) is 55.7 Å². The summed E-state index contributed by atoms with van der Waals surface area (Å²) in [5, 5.41) is 11.9. The van der Waals surface area contributed by atoms with Crippen molar-refractivity contribution in [1.29, 1.82) is 0 Å². The first-order valence-electron chi connectivity index (χ1n) is 11.0. The van der Waals surface area contributed by atoms with Crippen molar-refractivity contribution in [2.45, 2.75) is 33.4 Å². The minimum Gasteiger partial charge on any atom is -0.507 e. The number of pyridine rings is 1. The SMILES string of the molecule is CCOC(=O)c1[nH]c(C)c(C(O)=C2C(=O)C(=O)N(Cc3cccnc3)[C@H]2c2ccc(Cl)cc2)c1C. The van der Waals surface area contributed by atoms with Crippen molar-refractivity contribution in [3.8, 4) is 0 Å². The van der Waals surface area contributed by atoms with Gasteiger partial charge in [-0.3, -0.25) is 14.6 Å². The van der Waals surface area contributed by atoms with Crippen molar-refractivity contribution in [2.75, 3.05) is 6.61 Å². The molecule has 1 fully saturated rings. The van der Waals surface area contributed by atoms with Gasteiger partial charge in [0.15, 0.2) is 0 Å². The molecule has 3 heterocycles. The van der Waals surface area contributed by atoms with Crippen LogP contribution in [0.15, 0.2) is 54.4 Å². The molecule has 1 saturated heterocycles. The number of benzene rings is 1. The molecule has 35 heavy (non-hydrogen) atoms. The van der Waals surface area contributed by atoms with Gasteiger partial charge in [0.05, 0.1) is 18.2 Å². The number of ether oxygens (including phenoxy) is 1. The fraction of sp³-hybridized carbons (Fsp3) is 0.231. The second-order valence-corrected chi connectivity index (χ2v) is 8.62. The topological polar surface area (TPSA) is 113 Å². The highest BCUT2D eigenvalue weighted by Crippen LogP contribution is 2.41. The van der Waals surface area contributed by atoms with E-state index < -0.39 is 23.7 Å². The zero-order valence-corrected chi connectivity index (χ0v) is 20.2. The second-order valence-electron chi connectivity index (χ2n) is 8.19. The van der Waals surface area contributed by atoms with Crippen molar-refractivity contribution < 1.29 is 24.2 Å². The Morgan fingerprint density at radius 1 is 1.20 bits per heavy atom. The highest BCUT2D eigenvalue weighted by atomic mass is 35.5. The van der Waals surface area contributed by atoms with Gasteiger partial charge in [0.1, 0.15) is 11.5 Å². The van der Waals surface area contributed by atoms with Gasteiger partial charge in [-0.2, -0.15) is 0 Å². The lowest BCUT2D eigenvalue weighted by Crippen LogP contribution is -2.29. The van der Waals surface area contributed by atoms with Gasteiger partial charge in [0, 0.05) is 35.2 Å². The number of nitrogens with one attached hydrogen (secondary N) is 1. The summed E-state index contributed by atoms with van der Waals surface area (Å²) in [6, 6.07) is 9.42. The zero-order valence-electron chi connectivity index (χ0n) is 19.5. The molecule has 0 saturated carbocycles. The Bertz CT molecular complexity index is 1330.